The van der Waals surface area contributed by atoms with Crippen molar-refractivity contribution in [2.75, 3.05) is 12.8 Å². The number of carbonyl (C=O) groups is 1. The number of hydrogen-bond donors (Lipinski definition) is 1. The van der Waals surface area contributed by atoms with Gasteiger partial charge in [0, 0.05) is 18.6 Å². The van der Waals surface area contributed by atoms with Gasteiger partial charge in [-0.15, -0.1) is 12.4 Å². The van der Waals surface area contributed by atoms with Crippen molar-refractivity contribution >= 4 is 30.1 Å². The molecular weight excluding hydrogens is 284 g/mol. The molecule has 0 radical (unpaired) electrons. The molecule has 108 valence electrons. The van der Waals surface area contributed by atoms with E-state index in [1.54, 1.807) is 6.07 Å². The maximum Gasteiger partial charge on any atom is 0.289 e. The summed E-state index contributed by atoms with van der Waals surface area (Å²) in [7, 11) is 0. The van der Waals surface area contributed by atoms with Crippen LogP contribution in [0.25, 0.3) is 0 Å². The Morgan fingerprint density at radius 3 is 2.84 bits per heavy atom. The van der Waals surface area contributed by atoms with E-state index >= 15 is 0 Å². The van der Waals surface area contributed by atoms with Gasteiger partial charge in [0.15, 0.2) is 10.9 Å². The summed E-state index contributed by atoms with van der Waals surface area (Å²) in [6.45, 7) is 2.74. The second-order valence-corrected chi connectivity index (χ2v) is 5.55. The van der Waals surface area contributed by atoms with Crippen LogP contribution in [0.4, 0.5) is 0 Å². The second kappa shape index (κ2) is 7.22. The van der Waals surface area contributed by atoms with Gasteiger partial charge in [-0.1, -0.05) is 11.8 Å². The molecule has 0 aromatic carbocycles. The number of piperidine rings is 1. The molecule has 6 heteroatoms. The molecule has 1 amide bonds. The van der Waals surface area contributed by atoms with Crippen LogP contribution < -0.4 is 5.73 Å². The van der Waals surface area contributed by atoms with Crippen LogP contribution in [-0.2, 0) is 0 Å². The molecule has 2 N–H and O–H groups in total. The number of nitrogens with zero attached hydrogens (tertiary/aromatic N) is 1. The maximum absolute atomic E-state index is 12.4. The van der Waals surface area contributed by atoms with Gasteiger partial charge in [0.25, 0.3) is 5.91 Å². The molecule has 1 saturated heterocycles. The highest BCUT2D eigenvalue weighted by molar-refractivity contribution is 7.98. The first kappa shape index (κ1) is 16.4. The largest absolute Gasteiger partial charge is 0.445 e. The predicted octanol–water partition coefficient (Wildman–Crippen LogP) is 2.77. The van der Waals surface area contributed by atoms with Crippen LogP contribution in [0.2, 0.25) is 0 Å². The van der Waals surface area contributed by atoms with Crippen molar-refractivity contribution in [3.8, 4) is 0 Å². The number of furan rings is 1. The lowest BCUT2D eigenvalue weighted by atomic mass is 9.96. The highest BCUT2D eigenvalue weighted by Gasteiger charge is 2.31. The summed E-state index contributed by atoms with van der Waals surface area (Å²) < 4.78 is 5.51. The second-order valence-electron chi connectivity index (χ2n) is 4.74. The molecule has 0 aliphatic carbocycles. The van der Waals surface area contributed by atoms with Crippen molar-refractivity contribution in [3.05, 3.63) is 17.9 Å². The maximum atomic E-state index is 12.4. The molecule has 0 spiro atoms. The molecule has 0 saturated carbocycles. The number of halogens is 1. The Hall–Kier alpha value is -0.650. The molecule has 1 aromatic heterocycles. The number of rotatable bonds is 3. The molecule has 4 nitrogen and oxygen atoms in total. The van der Waals surface area contributed by atoms with Crippen molar-refractivity contribution in [3.63, 3.8) is 0 Å². The molecular formula is C13H21ClN2O2S. The van der Waals surface area contributed by atoms with E-state index < -0.39 is 0 Å². The standard InChI is InChI=1S/C13H20N2O2S.ClH/c1-9(14)10-5-3-4-8-15(10)13(16)11-6-7-12(17-11)18-2;/h6-7,9-10H,3-5,8,14H2,1-2H3;1H. The lowest BCUT2D eigenvalue weighted by molar-refractivity contribution is 0.0546. The summed E-state index contributed by atoms with van der Waals surface area (Å²) >= 11 is 1.50. The zero-order valence-electron chi connectivity index (χ0n) is 11.3. The fourth-order valence-corrected chi connectivity index (χ4v) is 2.82. The smallest absolute Gasteiger partial charge is 0.289 e. The molecule has 2 rings (SSSR count). The van der Waals surface area contributed by atoms with Crippen molar-refractivity contribution in [2.45, 2.75) is 43.4 Å². The molecule has 1 fully saturated rings. The van der Waals surface area contributed by atoms with Crippen molar-refractivity contribution < 1.29 is 9.21 Å². The zero-order valence-corrected chi connectivity index (χ0v) is 12.9. The quantitative estimate of drug-likeness (QED) is 0.872. The summed E-state index contributed by atoms with van der Waals surface area (Å²) in [6, 6.07) is 3.72. The molecule has 19 heavy (non-hydrogen) atoms. The number of nitrogens with two attached hydrogens (primary N) is 1. The predicted molar refractivity (Wildman–Crippen MR) is 80.1 cm³/mol. The van der Waals surface area contributed by atoms with E-state index in [1.807, 2.05) is 24.1 Å². The Bertz CT molecular complexity index is 423. The van der Waals surface area contributed by atoms with Crippen LogP contribution in [0.3, 0.4) is 0 Å². The van der Waals surface area contributed by atoms with Crippen molar-refractivity contribution in [1.82, 2.24) is 4.90 Å². The van der Waals surface area contributed by atoms with Gasteiger partial charge in [-0.05, 0) is 44.6 Å². The summed E-state index contributed by atoms with van der Waals surface area (Å²) in [4.78, 5) is 14.3. The molecule has 0 bridgehead atoms. The minimum Gasteiger partial charge on any atom is -0.445 e. The monoisotopic (exact) mass is 304 g/mol. The topological polar surface area (TPSA) is 59.5 Å². The fraction of sp³-hybridized carbons (Fsp3) is 0.615. The third-order valence-corrected chi connectivity index (χ3v) is 4.03. The molecule has 1 aliphatic heterocycles. The number of thioether (sulfide) groups is 1. The van der Waals surface area contributed by atoms with Gasteiger partial charge in [-0.25, -0.2) is 0 Å². The first-order valence-electron chi connectivity index (χ1n) is 6.34. The van der Waals surface area contributed by atoms with Gasteiger partial charge in [0.05, 0.1) is 0 Å². The van der Waals surface area contributed by atoms with Crippen LogP contribution in [-0.4, -0.2) is 35.7 Å². The average molecular weight is 305 g/mol. The van der Waals surface area contributed by atoms with Gasteiger partial charge in [-0.2, -0.15) is 0 Å². The third-order valence-electron chi connectivity index (χ3n) is 3.41. The Kier molecular flexibility index (Phi) is 6.23. The highest BCUT2D eigenvalue weighted by Crippen LogP contribution is 2.24. The van der Waals surface area contributed by atoms with Crippen LogP contribution in [0.5, 0.6) is 0 Å². The van der Waals surface area contributed by atoms with Crippen LogP contribution in [0, 0.1) is 0 Å². The van der Waals surface area contributed by atoms with E-state index in [0.717, 1.165) is 30.9 Å². The minimum atomic E-state index is -0.0303. The van der Waals surface area contributed by atoms with E-state index in [1.165, 1.54) is 11.8 Å². The lowest BCUT2D eigenvalue weighted by Crippen LogP contribution is -2.51. The van der Waals surface area contributed by atoms with E-state index in [-0.39, 0.29) is 30.4 Å². The molecule has 2 heterocycles. The van der Waals surface area contributed by atoms with Gasteiger partial charge in [-0.3, -0.25) is 4.79 Å². The summed E-state index contributed by atoms with van der Waals surface area (Å²) in [5, 5.41) is 0.771. The molecule has 2 unspecified atom stereocenters. The van der Waals surface area contributed by atoms with Gasteiger partial charge < -0.3 is 15.1 Å². The van der Waals surface area contributed by atoms with E-state index in [0.29, 0.717) is 5.76 Å². The molecule has 2 atom stereocenters. The Morgan fingerprint density at radius 1 is 1.53 bits per heavy atom. The van der Waals surface area contributed by atoms with E-state index in [2.05, 4.69) is 0 Å². The van der Waals surface area contributed by atoms with Gasteiger partial charge in [0.1, 0.15) is 0 Å². The van der Waals surface area contributed by atoms with Crippen LogP contribution >= 0.6 is 24.2 Å². The Morgan fingerprint density at radius 2 is 2.26 bits per heavy atom. The third kappa shape index (κ3) is 3.68. The fourth-order valence-electron chi connectivity index (χ4n) is 2.44. The molecule has 1 aromatic rings. The number of likely N-dealkylation sites (tertiary alicyclic amines) is 1. The summed E-state index contributed by atoms with van der Waals surface area (Å²) in [5.74, 6) is 0.393. The number of hydrogen-bond acceptors (Lipinski definition) is 4. The van der Waals surface area contributed by atoms with Gasteiger partial charge in [0.2, 0.25) is 0 Å². The number of carbonyl (C=O) groups excluding carboxylic acids is 1. The normalized spacial score (nSPS) is 20.8. The Balaban J connectivity index is 0.00000180. The first-order valence-corrected chi connectivity index (χ1v) is 7.56. The van der Waals surface area contributed by atoms with E-state index in [9.17, 15) is 4.79 Å². The number of amides is 1. The highest BCUT2D eigenvalue weighted by atomic mass is 35.5. The lowest BCUT2D eigenvalue weighted by Gasteiger charge is -2.37. The van der Waals surface area contributed by atoms with Crippen molar-refractivity contribution in [1.29, 1.82) is 0 Å². The molecule has 1 aliphatic rings. The summed E-state index contributed by atoms with van der Waals surface area (Å²) in [6.07, 6.45) is 5.10. The summed E-state index contributed by atoms with van der Waals surface area (Å²) in [5.41, 5.74) is 5.98. The Labute approximate surface area is 124 Å². The van der Waals surface area contributed by atoms with Crippen molar-refractivity contribution in [2.24, 2.45) is 5.73 Å². The first-order chi connectivity index (χ1) is 8.63. The SMILES string of the molecule is CSc1ccc(C(=O)N2CCCCC2C(C)N)o1.Cl. The van der Waals surface area contributed by atoms with Crippen LogP contribution in [0.1, 0.15) is 36.7 Å². The van der Waals surface area contributed by atoms with Gasteiger partial charge >= 0.3 is 0 Å². The average Bonchev–Trinajstić information content (AvgIpc) is 2.86. The zero-order chi connectivity index (χ0) is 13.1. The van der Waals surface area contributed by atoms with E-state index in [4.69, 9.17) is 10.2 Å². The minimum absolute atomic E-state index is 0. The van der Waals surface area contributed by atoms with Crippen LogP contribution in [0.15, 0.2) is 21.6 Å².